The first-order chi connectivity index (χ1) is 11.3. The molecule has 1 aliphatic heterocycles. The van der Waals surface area contributed by atoms with Gasteiger partial charge in [-0.1, -0.05) is 0 Å². The van der Waals surface area contributed by atoms with Crippen molar-refractivity contribution in [1.82, 2.24) is 15.1 Å². The van der Waals surface area contributed by atoms with E-state index in [1.54, 1.807) is 13.2 Å². The van der Waals surface area contributed by atoms with Crippen LogP contribution in [-0.2, 0) is 6.54 Å². The lowest BCUT2D eigenvalue weighted by atomic mass is 10.3. The summed E-state index contributed by atoms with van der Waals surface area (Å²) in [5, 5.41) is 10.7. The molecule has 24 heavy (non-hydrogen) atoms. The summed E-state index contributed by atoms with van der Waals surface area (Å²) in [5.41, 5.74) is 0.904. The fraction of sp³-hybridized carbons (Fsp3) is 0.375. The van der Waals surface area contributed by atoms with Crippen molar-refractivity contribution in [2.75, 3.05) is 32.1 Å². The van der Waals surface area contributed by atoms with Crippen LogP contribution in [-0.4, -0.2) is 42.5 Å². The van der Waals surface area contributed by atoms with Crippen molar-refractivity contribution in [2.24, 2.45) is 4.99 Å². The van der Waals surface area contributed by atoms with Gasteiger partial charge in [-0.25, -0.2) is 0 Å². The molecule has 0 aliphatic carbocycles. The molecule has 2 heterocycles. The minimum atomic E-state index is 0. The van der Waals surface area contributed by atoms with Crippen molar-refractivity contribution in [3.63, 3.8) is 0 Å². The van der Waals surface area contributed by atoms with Gasteiger partial charge in [0.2, 0.25) is 0 Å². The van der Waals surface area contributed by atoms with E-state index in [0.29, 0.717) is 19.2 Å². The first-order valence-corrected chi connectivity index (χ1v) is 7.70. The van der Waals surface area contributed by atoms with Crippen LogP contribution >= 0.6 is 24.0 Å². The van der Waals surface area contributed by atoms with Crippen molar-refractivity contribution in [1.29, 1.82) is 0 Å². The monoisotopic (exact) mass is 443 g/mol. The van der Waals surface area contributed by atoms with Crippen LogP contribution in [0.25, 0.3) is 0 Å². The molecule has 0 saturated heterocycles. The maximum absolute atomic E-state index is 5.70. The topological polar surface area (TPSA) is 72.7 Å². The lowest BCUT2D eigenvalue weighted by Gasteiger charge is -2.14. The van der Waals surface area contributed by atoms with Crippen LogP contribution in [0.2, 0.25) is 0 Å². The van der Waals surface area contributed by atoms with E-state index in [1.807, 2.05) is 35.1 Å². The Bertz CT molecular complexity index is 660. The smallest absolute Gasteiger partial charge is 0.195 e. The van der Waals surface area contributed by atoms with Gasteiger partial charge >= 0.3 is 0 Å². The second-order valence-electron chi connectivity index (χ2n) is 5.11. The van der Waals surface area contributed by atoms with E-state index in [-0.39, 0.29) is 24.0 Å². The van der Waals surface area contributed by atoms with Crippen LogP contribution in [0.15, 0.2) is 41.7 Å². The van der Waals surface area contributed by atoms with Gasteiger partial charge < -0.3 is 20.1 Å². The average Bonchev–Trinajstić information content (AvgIpc) is 2.98. The van der Waals surface area contributed by atoms with Gasteiger partial charge in [-0.15, -0.1) is 24.0 Å². The average molecular weight is 443 g/mol. The summed E-state index contributed by atoms with van der Waals surface area (Å²) in [6, 6.07) is 7.71. The van der Waals surface area contributed by atoms with Gasteiger partial charge in [-0.2, -0.15) is 5.10 Å². The molecule has 0 spiro atoms. The SMILES string of the molecule is CN=C(NCCn1cccn1)Nc1ccc2c(c1)OCCCO2.I. The third-order valence-electron chi connectivity index (χ3n) is 3.43. The molecule has 7 nitrogen and oxygen atoms in total. The van der Waals surface area contributed by atoms with E-state index >= 15 is 0 Å². The van der Waals surface area contributed by atoms with Gasteiger partial charge in [0, 0.05) is 44.2 Å². The Morgan fingerprint density at radius 1 is 1.29 bits per heavy atom. The Morgan fingerprint density at radius 2 is 2.12 bits per heavy atom. The number of nitrogens with one attached hydrogen (secondary N) is 2. The number of aromatic nitrogens is 2. The number of anilines is 1. The molecule has 1 aliphatic rings. The molecule has 2 N–H and O–H groups in total. The molecule has 1 aromatic heterocycles. The van der Waals surface area contributed by atoms with Crippen LogP contribution in [0.3, 0.4) is 0 Å². The maximum atomic E-state index is 5.70. The molecule has 1 aromatic carbocycles. The van der Waals surface area contributed by atoms with Crippen molar-refractivity contribution < 1.29 is 9.47 Å². The van der Waals surface area contributed by atoms with Crippen LogP contribution in [0, 0.1) is 0 Å². The van der Waals surface area contributed by atoms with Crippen molar-refractivity contribution in [2.45, 2.75) is 13.0 Å². The number of hydrogen-bond donors (Lipinski definition) is 2. The van der Waals surface area contributed by atoms with E-state index in [1.165, 1.54) is 0 Å². The summed E-state index contributed by atoms with van der Waals surface area (Å²) >= 11 is 0. The van der Waals surface area contributed by atoms with Crippen LogP contribution in [0.4, 0.5) is 5.69 Å². The molecule has 0 fully saturated rings. The summed E-state index contributed by atoms with van der Waals surface area (Å²) in [6.45, 7) is 2.87. The normalized spacial score (nSPS) is 13.6. The number of hydrogen-bond acceptors (Lipinski definition) is 4. The third kappa shape index (κ3) is 5.02. The van der Waals surface area contributed by atoms with Gasteiger partial charge in [-0.05, 0) is 18.2 Å². The Balaban J connectivity index is 0.00000208. The number of rotatable bonds is 4. The van der Waals surface area contributed by atoms with Crippen molar-refractivity contribution in [3.8, 4) is 11.5 Å². The molecule has 0 bridgehead atoms. The molecule has 0 amide bonds. The highest BCUT2D eigenvalue weighted by Gasteiger charge is 2.11. The second kappa shape index (κ2) is 9.36. The number of guanidine groups is 1. The van der Waals surface area contributed by atoms with E-state index in [9.17, 15) is 0 Å². The van der Waals surface area contributed by atoms with Gasteiger partial charge in [0.25, 0.3) is 0 Å². The molecular weight excluding hydrogens is 421 g/mol. The Kier molecular flexibility index (Phi) is 7.16. The second-order valence-corrected chi connectivity index (χ2v) is 5.11. The standard InChI is InChI=1S/C16H21N5O2.HI/c1-17-16(18-7-9-21-8-2-6-19-21)20-13-4-5-14-15(12-13)23-11-3-10-22-14;/h2,4-6,8,12H,3,7,9-11H2,1H3,(H2,17,18,20);1H. The highest BCUT2D eigenvalue weighted by Crippen LogP contribution is 2.32. The molecule has 0 radical (unpaired) electrons. The largest absolute Gasteiger partial charge is 0.490 e. The molecule has 0 atom stereocenters. The Labute approximate surface area is 158 Å². The van der Waals surface area contributed by atoms with Gasteiger partial charge in [0.05, 0.1) is 19.8 Å². The Morgan fingerprint density at radius 3 is 2.88 bits per heavy atom. The predicted octanol–water partition coefficient (Wildman–Crippen LogP) is 2.35. The maximum Gasteiger partial charge on any atom is 0.195 e. The zero-order valence-electron chi connectivity index (χ0n) is 13.6. The van der Waals surface area contributed by atoms with E-state index in [0.717, 1.165) is 36.7 Å². The van der Waals surface area contributed by atoms with E-state index in [4.69, 9.17) is 9.47 Å². The predicted molar refractivity (Wildman–Crippen MR) is 105 cm³/mol. The number of ether oxygens (including phenoxy) is 2. The van der Waals surface area contributed by atoms with E-state index < -0.39 is 0 Å². The highest BCUT2D eigenvalue weighted by atomic mass is 127. The van der Waals surface area contributed by atoms with Crippen LogP contribution in [0.5, 0.6) is 11.5 Å². The molecule has 8 heteroatoms. The number of benzene rings is 1. The third-order valence-corrected chi connectivity index (χ3v) is 3.43. The first-order valence-electron chi connectivity index (χ1n) is 7.70. The summed E-state index contributed by atoms with van der Waals surface area (Å²) in [4.78, 5) is 4.23. The summed E-state index contributed by atoms with van der Waals surface area (Å²) < 4.78 is 13.2. The van der Waals surface area contributed by atoms with Gasteiger partial charge in [-0.3, -0.25) is 9.67 Å². The minimum absolute atomic E-state index is 0. The van der Waals surface area contributed by atoms with Crippen LogP contribution < -0.4 is 20.1 Å². The van der Waals surface area contributed by atoms with Crippen molar-refractivity contribution in [3.05, 3.63) is 36.7 Å². The quantitative estimate of drug-likeness (QED) is 0.431. The molecule has 3 rings (SSSR count). The zero-order chi connectivity index (χ0) is 15.9. The van der Waals surface area contributed by atoms with Gasteiger partial charge in [0.1, 0.15) is 0 Å². The lowest BCUT2D eigenvalue weighted by molar-refractivity contribution is 0.297. The fourth-order valence-corrected chi connectivity index (χ4v) is 2.28. The fourth-order valence-electron chi connectivity index (χ4n) is 2.28. The van der Waals surface area contributed by atoms with E-state index in [2.05, 4.69) is 20.7 Å². The summed E-state index contributed by atoms with van der Waals surface area (Å²) in [7, 11) is 1.74. The molecule has 2 aromatic rings. The Hall–Kier alpha value is -1.97. The van der Waals surface area contributed by atoms with Crippen molar-refractivity contribution >= 4 is 35.6 Å². The number of fused-ring (bicyclic) bond motifs is 1. The summed E-state index contributed by atoms with van der Waals surface area (Å²) in [6.07, 6.45) is 4.60. The first kappa shape index (κ1) is 18.4. The lowest BCUT2D eigenvalue weighted by Crippen LogP contribution is -2.33. The molecule has 0 saturated carbocycles. The van der Waals surface area contributed by atoms with Gasteiger partial charge in [0.15, 0.2) is 17.5 Å². The van der Waals surface area contributed by atoms with Crippen LogP contribution in [0.1, 0.15) is 6.42 Å². The minimum Gasteiger partial charge on any atom is -0.490 e. The molecule has 130 valence electrons. The summed E-state index contributed by atoms with van der Waals surface area (Å²) in [5.74, 6) is 2.25. The zero-order valence-corrected chi connectivity index (χ0v) is 15.9. The number of nitrogens with zero attached hydrogens (tertiary/aromatic N) is 3. The highest BCUT2D eigenvalue weighted by molar-refractivity contribution is 14.0. The number of halogens is 1. The molecule has 0 unspecified atom stereocenters. The molecular formula is C16H22IN5O2. The number of aliphatic imine (C=N–C) groups is 1.